The molecule has 3 nitrogen and oxygen atoms in total. The molecule has 1 N–H and O–H groups in total. The first-order valence-electron chi connectivity index (χ1n) is 5.81. The average molecular weight is 222 g/mol. The highest BCUT2D eigenvalue weighted by molar-refractivity contribution is 5.08. The molecule has 3 heteroatoms. The fourth-order valence-corrected chi connectivity index (χ4v) is 1.33. The van der Waals surface area contributed by atoms with E-state index in [0.717, 1.165) is 26.1 Å². The van der Waals surface area contributed by atoms with Gasteiger partial charge >= 0.3 is 0 Å². The van der Waals surface area contributed by atoms with Gasteiger partial charge in [0.05, 0.1) is 12.2 Å². The fourth-order valence-electron chi connectivity index (χ4n) is 1.33. The minimum Gasteiger partial charge on any atom is -0.375 e. The molecule has 0 aliphatic carbocycles. The van der Waals surface area contributed by atoms with Gasteiger partial charge in [0.2, 0.25) is 0 Å². The molecule has 0 atom stereocenters. The summed E-state index contributed by atoms with van der Waals surface area (Å²) in [5.41, 5.74) is 1.23. The van der Waals surface area contributed by atoms with Crippen LogP contribution in [-0.2, 0) is 11.2 Å². The topological polar surface area (TPSA) is 34.1 Å². The van der Waals surface area contributed by atoms with E-state index in [9.17, 15) is 0 Å². The van der Waals surface area contributed by atoms with E-state index in [-0.39, 0.29) is 5.60 Å². The molecule has 1 aromatic rings. The van der Waals surface area contributed by atoms with Gasteiger partial charge in [-0.1, -0.05) is 6.07 Å². The van der Waals surface area contributed by atoms with E-state index < -0.39 is 0 Å². The Morgan fingerprint density at radius 3 is 2.75 bits per heavy atom. The van der Waals surface area contributed by atoms with Crippen molar-refractivity contribution in [1.29, 1.82) is 0 Å². The number of nitrogens with one attached hydrogen (secondary N) is 1. The third-order valence-electron chi connectivity index (χ3n) is 2.13. The predicted molar refractivity (Wildman–Crippen MR) is 66.5 cm³/mol. The summed E-state index contributed by atoms with van der Waals surface area (Å²) >= 11 is 0. The van der Waals surface area contributed by atoms with Crippen LogP contribution in [0.2, 0.25) is 0 Å². The van der Waals surface area contributed by atoms with Crippen LogP contribution in [0, 0.1) is 0 Å². The van der Waals surface area contributed by atoms with Crippen LogP contribution < -0.4 is 5.32 Å². The molecule has 0 saturated carbocycles. The Balaban J connectivity index is 2.01. The van der Waals surface area contributed by atoms with Crippen molar-refractivity contribution in [3.05, 3.63) is 30.1 Å². The average Bonchev–Trinajstić information content (AvgIpc) is 2.23. The van der Waals surface area contributed by atoms with E-state index in [2.05, 4.69) is 37.1 Å². The van der Waals surface area contributed by atoms with E-state index in [1.54, 1.807) is 6.20 Å². The number of rotatable bonds is 6. The van der Waals surface area contributed by atoms with E-state index in [4.69, 9.17) is 4.74 Å². The molecular weight excluding hydrogens is 200 g/mol. The molecule has 0 unspecified atom stereocenters. The van der Waals surface area contributed by atoms with Gasteiger partial charge in [0.15, 0.2) is 0 Å². The zero-order valence-corrected chi connectivity index (χ0v) is 10.5. The first-order valence-corrected chi connectivity index (χ1v) is 5.81. The van der Waals surface area contributed by atoms with Crippen LogP contribution in [0.15, 0.2) is 24.5 Å². The van der Waals surface area contributed by atoms with Crippen molar-refractivity contribution in [3.63, 3.8) is 0 Å². The largest absolute Gasteiger partial charge is 0.375 e. The third kappa shape index (κ3) is 6.53. The lowest BCUT2D eigenvalue weighted by molar-refractivity contribution is -0.000710. The molecule has 1 aromatic heterocycles. The number of ether oxygens (including phenoxy) is 1. The molecule has 0 aromatic carbocycles. The Bertz CT molecular complexity index is 280. The summed E-state index contributed by atoms with van der Waals surface area (Å²) in [4.78, 5) is 4.08. The van der Waals surface area contributed by atoms with Crippen LogP contribution in [0.3, 0.4) is 0 Å². The monoisotopic (exact) mass is 222 g/mol. The zero-order chi connectivity index (χ0) is 11.9. The second kappa shape index (κ2) is 6.61. The summed E-state index contributed by atoms with van der Waals surface area (Å²) in [5, 5.41) is 3.35. The number of nitrogens with zero attached hydrogens (tertiary/aromatic N) is 1. The molecular formula is C13H22N2O. The highest BCUT2D eigenvalue weighted by Gasteiger charge is 2.08. The van der Waals surface area contributed by atoms with E-state index in [0.29, 0.717) is 0 Å². The van der Waals surface area contributed by atoms with Gasteiger partial charge < -0.3 is 10.1 Å². The lowest BCUT2D eigenvalue weighted by atomic mass is 10.2. The van der Waals surface area contributed by atoms with Crippen LogP contribution in [0.5, 0.6) is 0 Å². The van der Waals surface area contributed by atoms with Crippen LogP contribution in [0.25, 0.3) is 0 Å². The molecule has 0 radical (unpaired) electrons. The number of hydrogen-bond acceptors (Lipinski definition) is 3. The van der Waals surface area contributed by atoms with Crippen molar-refractivity contribution in [3.8, 4) is 0 Å². The van der Waals surface area contributed by atoms with E-state index in [1.807, 2.05) is 12.3 Å². The summed E-state index contributed by atoms with van der Waals surface area (Å²) in [5.74, 6) is 0. The van der Waals surface area contributed by atoms with Crippen molar-refractivity contribution in [1.82, 2.24) is 10.3 Å². The molecule has 0 fully saturated rings. The Morgan fingerprint density at radius 1 is 1.31 bits per heavy atom. The van der Waals surface area contributed by atoms with E-state index >= 15 is 0 Å². The molecule has 16 heavy (non-hydrogen) atoms. The highest BCUT2D eigenvalue weighted by atomic mass is 16.5. The quantitative estimate of drug-likeness (QED) is 0.748. The number of hydrogen-bond donors (Lipinski definition) is 1. The standard InChI is InChI=1S/C13H22N2O/c1-13(2,3)16-10-9-14-8-6-12-5-4-7-15-11-12/h4-5,7,11,14H,6,8-10H2,1-3H3. The van der Waals surface area contributed by atoms with Gasteiger partial charge in [-0.3, -0.25) is 4.98 Å². The Labute approximate surface area is 98.2 Å². The van der Waals surface area contributed by atoms with Crippen LogP contribution in [-0.4, -0.2) is 30.3 Å². The van der Waals surface area contributed by atoms with Crippen LogP contribution >= 0.6 is 0 Å². The Kier molecular flexibility index (Phi) is 5.43. The number of aromatic nitrogens is 1. The second-order valence-electron chi connectivity index (χ2n) is 4.82. The Hall–Kier alpha value is -0.930. The smallest absolute Gasteiger partial charge is 0.0599 e. The van der Waals surface area contributed by atoms with Crippen molar-refractivity contribution < 1.29 is 4.74 Å². The van der Waals surface area contributed by atoms with Crippen molar-refractivity contribution in [2.45, 2.75) is 32.8 Å². The highest BCUT2D eigenvalue weighted by Crippen LogP contribution is 2.05. The fraction of sp³-hybridized carbons (Fsp3) is 0.615. The lowest BCUT2D eigenvalue weighted by Gasteiger charge is -2.19. The van der Waals surface area contributed by atoms with Gasteiger partial charge in [-0.05, 0) is 45.4 Å². The summed E-state index contributed by atoms with van der Waals surface area (Å²) in [7, 11) is 0. The van der Waals surface area contributed by atoms with Gasteiger partial charge in [-0.2, -0.15) is 0 Å². The van der Waals surface area contributed by atoms with Gasteiger partial charge in [0, 0.05) is 18.9 Å². The van der Waals surface area contributed by atoms with Crippen molar-refractivity contribution in [2.24, 2.45) is 0 Å². The minimum absolute atomic E-state index is 0.0367. The third-order valence-corrected chi connectivity index (χ3v) is 2.13. The maximum Gasteiger partial charge on any atom is 0.0599 e. The molecule has 0 amide bonds. The number of pyridine rings is 1. The van der Waals surface area contributed by atoms with Gasteiger partial charge in [-0.15, -0.1) is 0 Å². The molecule has 0 saturated heterocycles. The van der Waals surface area contributed by atoms with E-state index in [1.165, 1.54) is 5.56 Å². The Morgan fingerprint density at radius 2 is 2.12 bits per heavy atom. The molecule has 0 aliphatic rings. The normalized spacial score (nSPS) is 11.7. The molecule has 0 bridgehead atoms. The van der Waals surface area contributed by atoms with Crippen molar-refractivity contribution >= 4 is 0 Å². The van der Waals surface area contributed by atoms with Crippen LogP contribution in [0.1, 0.15) is 26.3 Å². The first-order chi connectivity index (χ1) is 7.58. The minimum atomic E-state index is -0.0367. The summed E-state index contributed by atoms with van der Waals surface area (Å²) in [6, 6.07) is 4.07. The second-order valence-corrected chi connectivity index (χ2v) is 4.82. The zero-order valence-electron chi connectivity index (χ0n) is 10.5. The SMILES string of the molecule is CC(C)(C)OCCNCCc1cccnc1. The van der Waals surface area contributed by atoms with Gasteiger partial charge in [-0.25, -0.2) is 0 Å². The molecule has 1 heterocycles. The van der Waals surface area contributed by atoms with Gasteiger partial charge in [0.1, 0.15) is 0 Å². The van der Waals surface area contributed by atoms with Crippen molar-refractivity contribution in [2.75, 3.05) is 19.7 Å². The summed E-state index contributed by atoms with van der Waals surface area (Å²) < 4.78 is 5.61. The lowest BCUT2D eigenvalue weighted by Crippen LogP contribution is -2.27. The molecule has 1 rings (SSSR count). The summed E-state index contributed by atoms with van der Waals surface area (Å²) in [6.07, 6.45) is 4.73. The molecule has 0 spiro atoms. The predicted octanol–water partition coefficient (Wildman–Crippen LogP) is 2.03. The van der Waals surface area contributed by atoms with Crippen LogP contribution in [0.4, 0.5) is 0 Å². The summed E-state index contributed by atoms with van der Waals surface area (Å²) in [6.45, 7) is 8.85. The maximum absolute atomic E-state index is 5.61. The molecule has 90 valence electrons. The first kappa shape index (κ1) is 13.1. The maximum atomic E-state index is 5.61. The molecule has 0 aliphatic heterocycles. The van der Waals surface area contributed by atoms with Gasteiger partial charge in [0.25, 0.3) is 0 Å².